The first kappa shape index (κ1) is 12.0. The third kappa shape index (κ3) is 2.69. The fraction of sp³-hybridized carbons (Fsp3) is 0.300. The summed E-state index contributed by atoms with van der Waals surface area (Å²) >= 11 is 0. The van der Waals surface area contributed by atoms with Crippen molar-refractivity contribution >= 4 is 11.9 Å². The lowest BCUT2D eigenvalue weighted by Gasteiger charge is -2.11. The lowest BCUT2D eigenvalue weighted by molar-refractivity contribution is -0.139. The third-order valence-electron chi connectivity index (χ3n) is 2.07. The predicted molar refractivity (Wildman–Crippen MR) is 56.2 cm³/mol. The van der Waals surface area contributed by atoms with Crippen LogP contribution in [0.15, 0.2) is 23.1 Å². The van der Waals surface area contributed by atoms with Crippen molar-refractivity contribution in [1.29, 1.82) is 0 Å². The highest BCUT2D eigenvalue weighted by Gasteiger charge is 2.19. The second kappa shape index (κ2) is 5.11. The van der Waals surface area contributed by atoms with Gasteiger partial charge >= 0.3 is 5.97 Å². The van der Waals surface area contributed by atoms with E-state index in [-0.39, 0.29) is 12.0 Å². The van der Waals surface area contributed by atoms with E-state index in [2.05, 4.69) is 10.3 Å². The Labute approximate surface area is 91.3 Å². The maximum absolute atomic E-state index is 11.5. The molecule has 16 heavy (non-hydrogen) atoms. The summed E-state index contributed by atoms with van der Waals surface area (Å²) in [6.07, 6.45) is 1.65. The number of aliphatic carboxylic acids is 1. The van der Waals surface area contributed by atoms with Gasteiger partial charge in [0.1, 0.15) is 11.6 Å². The molecule has 0 aromatic carbocycles. The van der Waals surface area contributed by atoms with Crippen LogP contribution >= 0.6 is 0 Å². The molecule has 1 heterocycles. The van der Waals surface area contributed by atoms with E-state index in [1.165, 1.54) is 18.3 Å². The SMILES string of the molecule is CC[C@H](NC(=O)c1ccc[nH]c1=O)C(=O)O. The summed E-state index contributed by atoms with van der Waals surface area (Å²) in [5, 5.41) is 11.0. The second-order valence-electron chi connectivity index (χ2n) is 3.19. The summed E-state index contributed by atoms with van der Waals surface area (Å²) in [7, 11) is 0. The number of carboxylic acids is 1. The van der Waals surface area contributed by atoms with Crippen molar-refractivity contribution < 1.29 is 14.7 Å². The quantitative estimate of drug-likeness (QED) is 0.668. The molecule has 0 radical (unpaired) electrons. The molecule has 0 aliphatic rings. The lowest BCUT2D eigenvalue weighted by Crippen LogP contribution is -2.41. The number of rotatable bonds is 4. The van der Waals surface area contributed by atoms with Crippen LogP contribution in [0, 0.1) is 0 Å². The van der Waals surface area contributed by atoms with Crippen molar-refractivity contribution in [1.82, 2.24) is 10.3 Å². The molecule has 0 unspecified atom stereocenters. The van der Waals surface area contributed by atoms with Crippen LogP contribution in [0.5, 0.6) is 0 Å². The van der Waals surface area contributed by atoms with Gasteiger partial charge in [-0.2, -0.15) is 0 Å². The molecule has 3 N–H and O–H groups in total. The number of hydrogen-bond acceptors (Lipinski definition) is 3. The summed E-state index contributed by atoms with van der Waals surface area (Å²) in [5.41, 5.74) is -0.637. The average molecular weight is 224 g/mol. The normalized spacial score (nSPS) is 11.8. The minimum atomic E-state index is -1.12. The van der Waals surface area contributed by atoms with E-state index in [4.69, 9.17) is 5.11 Å². The molecule has 0 fully saturated rings. The Balaban J connectivity index is 2.84. The fourth-order valence-electron chi connectivity index (χ4n) is 1.17. The molecule has 1 rings (SSSR count). The van der Waals surface area contributed by atoms with Gasteiger partial charge in [0.2, 0.25) is 0 Å². The summed E-state index contributed by atoms with van der Waals surface area (Å²) in [4.78, 5) is 35.8. The van der Waals surface area contributed by atoms with Crippen molar-refractivity contribution in [3.05, 3.63) is 34.2 Å². The number of nitrogens with one attached hydrogen (secondary N) is 2. The Hall–Kier alpha value is -2.11. The van der Waals surface area contributed by atoms with Gasteiger partial charge in [0, 0.05) is 6.20 Å². The van der Waals surface area contributed by atoms with Gasteiger partial charge in [-0.3, -0.25) is 9.59 Å². The van der Waals surface area contributed by atoms with Crippen LogP contribution in [-0.4, -0.2) is 28.0 Å². The Bertz CT molecular complexity index is 452. The number of pyridine rings is 1. The molecule has 0 aliphatic carbocycles. The Morgan fingerprint density at radius 3 is 2.75 bits per heavy atom. The van der Waals surface area contributed by atoms with Gasteiger partial charge in [0.15, 0.2) is 0 Å². The minimum Gasteiger partial charge on any atom is -0.480 e. The standard InChI is InChI=1S/C10H12N2O4/c1-2-7(10(15)16)12-9(14)6-4-3-5-11-8(6)13/h3-5,7H,2H2,1H3,(H,11,13)(H,12,14)(H,15,16)/t7-/m0/s1. The zero-order chi connectivity index (χ0) is 12.1. The van der Waals surface area contributed by atoms with Crippen LogP contribution in [0.4, 0.5) is 0 Å². The third-order valence-corrected chi connectivity index (χ3v) is 2.07. The first-order valence-electron chi connectivity index (χ1n) is 4.77. The number of amides is 1. The van der Waals surface area contributed by atoms with Gasteiger partial charge in [-0.15, -0.1) is 0 Å². The van der Waals surface area contributed by atoms with Gasteiger partial charge < -0.3 is 15.4 Å². The molecule has 0 aliphatic heterocycles. The average Bonchev–Trinajstić information content (AvgIpc) is 2.25. The minimum absolute atomic E-state index is 0.0952. The van der Waals surface area contributed by atoms with Gasteiger partial charge in [-0.25, -0.2) is 4.79 Å². The van der Waals surface area contributed by atoms with Gasteiger partial charge in [0.25, 0.3) is 11.5 Å². The van der Waals surface area contributed by atoms with Crippen LogP contribution in [0.2, 0.25) is 0 Å². The maximum atomic E-state index is 11.5. The number of carboxylic acid groups (broad SMARTS) is 1. The Kier molecular flexibility index (Phi) is 3.82. The number of aromatic amines is 1. The van der Waals surface area contributed by atoms with Crippen LogP contribution in [0.1, 0.15) is 23.7 Å². The molecule has 0 spiro atoms. The zero-order valence-electron chi connectivity index (χ0n) is 8.69. The molecular weight excluding hydrogens is 212 g/mol. The highest BCUT2D eigenvalue weighted by Crippen LogP contribution is 1.95. The van der Waals surface area contributed by atoms with E-state index >= 15 is 0 Å². The van der Waals surface area contributed by atoms with Crippen molar-refractivity contribution in [2.75, 3.05) is 0 Å². The first-order valence-corrected chi connectivity index (χ1v) is 4.77. The van der Waals surface area contributed by atoms with Crippen LogP contribution in [-0.2, 0) is 4.79 Å². The smallest absolute Gasteiger partial charge is 0.326 e. The summed E-state index contributed by atoms with van der Waals surface area (Å²) < 4.78 is 0. The first-order chi connectivity index (χ1) is 7.56. The number of hydrogen-bond donors (Lipinski definition) is 3. The molecule has 86 valence electrons. The van der Waals surface area contributed by atoms with E-state index in [0.29, 0.717) is 0 Å². The molecule has 1 atom stereocenters. The molecule has 0 bridgehead atoms. The molecule has 1 aromatic heterocycles. The molecule has 0 saturated heterocycles. The van der Waals surface area contributed by atoms with E-state index in [1.807, 2.05) is 0 Å². The molecule has 6 heteroatoms. The summed E-state index contributed by atoms with van der Waals surface area (Å²) in [6, 6.07) is 1.85. The van der Waals surface area contributed by atoms with Gasteiger partial charge in [-0.1, -0.05) is 6.92 Å². The summed E-state index contributed by atoms with van der Waals surface area (Å²) in [5.74, 6) is -1.81. The number of carbonyl (C=O) groups is 2. The topological polar surface area (TPSA) is 99.3 Å². The van der Waals surface area contributed by atoms with E-state index in [0.717, 1.165) is 0 Å². The zero-order valence-corrected chi connectivity index (χ0v) is 8.69. The number of aromatic nitrogens is 1. The van der Waals surface area contributed by atoms with Crippen molar-refractivity contribution in [3.8, 4) is 0 Å². The number of H-pyrrole nitrogens is 1. The van der Waals surface area contributed by atoms with E-state index in [9.17, 15) is 14.4 Å². The van der Waals surface area contributed by atoms with Gasteiger partial charge in [-0.05, 0) is 18.6 Å². The highest BCUT2D eigenvalue weighted by atomic mass is 16.4. The molecule has 6 nitrogen and oxygen atoms in total. The molecular formula is C10H12N2O4. The van der Waals surface area contributed by atoms with Crippen molar-refractivity contribution in [2.24, 2.45) is 0 Å². The van der Waals surface area contributed by atoms with Gasteiger partial charge in [0.05, 0.1) is 0 Å². The number of carbonyl (C=O) groups excluding carboxylic acids is 1. The monoisotopic (exact) mass is 224 g/mol. The maximum Gasteiger partial charge on any atom is 0.326 e. The Morgan fingerprint density at radius 2 is 2.25 bits per heavy atom. The van der Waals surface area contributed by atoms with Crippen LogP contribution in [0.3, 0.4) is 0 Å². The van der Waals surface area contributed by atoms with Crippen molar-refractivity contribution in [2.45, 2.75) is 19.4 Å². The van der Waals surface area contributed by atoms with Crippen molar-refractivity contribution in [3.63, 3.8) is 0 Å². The molecule has 1 aromatic rings. The van der Waals surface area contributed by atoms with Crippen LogP contribution < -0.4 is 10.9 Å². The Morgan fingerprint density at radius 1 is 1.56 bits per heavy atom. The largest absolute Gasteiger partial charge is 0.480 e. The second-order valence-corrected chi connectivity index (χ2v) is 3.19. The highest BCUT2D eigenvalue weighted by molar-refractivity contribution is 5.96. The molecule has 1 amide bonds. The lowest BCUT2D eigenvalue weighted by atomic mass is 10.2. The fourth-order valence-corrected chi connectivity index (χ4v) is 1.17. The van der Waals surface area contributed by atoms with E-state index < -0.39 is 23.5 Å². The van der Waals surface area contributed by atoms with Crippen LogP contribution in [0.25, 0.3) is 0 Å². The summed E-state index contributed by atoms with van der Waals surface area (Å²) in [6.45, 7) is 1.63. The van der Waals surface area contributed by atoms with E-state index in [1.54, 1.807) is 6.92 Å². The molecule has 0 saturated carbocycles. The predicted octanol–water partition coefficient (Wildman–Crippen LogP) is -0.0321.